The summed E-state index contributed by atoms with van der Waals surface area (Å²) in [5.74, 6) is 0.0827. The van der Waals surface area contributed by atoms with Crippen LogP contribution in [0, 0.1) is 13.8 Å². The minimum Gasteiger partial charge on any atom is -0.302 e. The lowest BCUT2D eigenvalue weighted by Crippen LogP contribution is -2.14. The van der Waals surface area contributed by atoms with Gasteiger partial charge in [-0.3, -0.25) is 4.79 Å². The van der Waals surface area contributed by atoms with Crippen LogP contribution in [-0.2, 0) is 0 Å². The zero-order valence-electron chi connectivity index (χ0n) is 12.3. The number of rotatable bonds is 3. The van der Waals surface area contributed by atoms with Gasteiger partial charge in [0, 0.05) is 11.1 Å². The van der Waals surface area contributed by atoms with Gasteiger partial charge >= 0.3 is 0 Å². The number of carbonyl (C=O) groups excluding carboxylic acids is 1. The van der Waals surface area contributed by atoms with Crippen molar-refractivity contribution in [1.82, 2.24) is 10.3 Å². The highest BCUT2D eigenvalue weighted by atomic mass is 16.6. The molecule has 1 N–H and O–H groups in total. The van der Waals surface area contributed by atoms with Crippen molar-refractivity contribution < 1.29 is 9.42 Å². The summed E-state index contributed by atoms with van der Waals surface area (Å²) in [5.41, 5.74) is 3.99. The molecule has 0 aliphatic carbocycles. The smallest absolute Gasteiger partial charge is 0.257 e. The van der Waals surface area contributed by atoms with Crippen LogP contribution in [0.2, 0.25) is 0 Å². The van der Waals surface area contributed by atoms with E-state index in [4.69, 9.17) is 4.63 Å². The minimum atomic E-state index is -0.234. The van der Waals surface area contributed by atoms with Crippen molar-refractivity contribution in [2.75, 3.05) is 5.32 Å². The van der Waals surface area contributed by atoms with Gasteiger partial charge in [0.1, 0.15) is 0 Å². The number of nitrogens with zero attached hydrogens (tertiary/aromatic N) is 2. The predicted octanol–water partition coefficient (Wildman–Crippen LogP) is 3.61. The van der Waals surface area contributed by atoms with E-state index in [1.165, 1.54) is 0 Å². The molecule has 0 bridgehead atoms. The first-order valence-corrected chi connectivity index (χ1v) is 6.92. The Balaban J connectivity index is 1.88. The molecular formula is C17H15N3O2. The van der Waals surface area contributed by atoms with Crippen LogP contribution in [0.1, 0.15) is 21.5 Å². The van der Waals surface area contributed by atoms with Crippen LogP contribution in [0.5, 0.6) is 0 Å². The lowest BCUT2D eigenvalue weighted by molar-refractivity contribution is 0.102. The minimum absolute atomic E-state index is 0.234. The Morgan fingerprint density at radius 3 is 2.45 bits per heavy atom. The van der Waals surface area contributed by atoms with E-state index >= 15 is 0 Å². The third-order valence-corrected chi connectivity index (χ3v) is 3.44. The first-order chi connectivity index (χ1) is 10.6. The van der Waals surface area contributed by atoms with E-state index in [1.807, 2.05) is 56.3 Å². The predicted molar refractivity (Wildman–Crippen MR) is 83.6 cm³/mol. The van der Waals surface area contributed by atoms with E-state index in [0.29, 0.717) is 17.1 Å². The number of hydrogen-bond acceptors (Lipinski definition) is 4. The van der Waals surface area contributed by atoms with Gasteiger partial charge in [-0.2, -0.15) is 0 Å². The molecule has 0 saturated heterocycles. The van der Waals surface area contributed by atoms with E-state index in [-0.39, 0.29) is 5.91 Å². The molecule has 0 spiro atoms. The Labute approximate surface area is 127 Å². The van der Waals surface area contributed by atoms with Gasteiger partial charge in [0.25, 0.3) is 5.91 Å². The van der Waals surface area contributed by atoms with Crippen molar-refractivity contribution in [1.29, 1.82) is 0 Å². The second-order valence-corrected chi connectivity index (χ2v) is 5.10. The van der Waals surface area contributed by atoms with E-state index in [0.717, 1.165) is 16.7 Å². The number of carbonyl (C=O) groups is 1. The van der Waals surface area contributed by atoms with Crippen LogP contribution >= 0.6 is 0 Å². The number of anilines is 1. The second-order valence-electron chi connectivity index (χ2n) is 5.10. The van der Waals surface area contributed by atoms with Crippen molar-refractivity contribution in [2.24, 2.45) is 0 Å². The molecule has 1 aromatic heterocycles. The van der Waals surface area contributed by atoms with Crippen molar-refractivity contribution >= 4 is 11.7 Å². The van der Waals surface area contributed by atoms with Crippen molar-refractivity contribution in [3.05, 3.63) is 65.2 Å². The molecule has 5 heteroatoms. The molecule has 22 heavy (non-hydrogen) atoms. The zero-order valence-corrected chi connectivity index (χ0v) is 12.3. The number of hydrogen-bond donors (Lipinski definition) is 1. The van der Waals surface area contributed by atoms with E-state index in [1.54, 1.807) is 6.07 Å². The highest BCUT2D eigenvalue weighted by Crippen LogP contribution is 2.25. The first kappa shape index (κ1) is 14.0. The molecule has 2 aromatic carbocycles. The fourth-order valence-electron chi connectivity index (χ4n) is 2.17. The molecule has 1 heterocycles. The van der Waals surface area contributed by atoms with Crippen molar-refractivity contribution in [3.63, 3.8) is 0 Å². The first-order valence-electron chi connectivity index (χ1n) is 6.92. The summed E-state index contributed by atoms with van der Waals surface area (Å²) >= 11 is 0. The van der Waals surface area contributed by atoms with Gasteiger partial charge in [0.2, 0.25) is 5.82 Å². The third kappa shape index (κ3) is 2.74. The topological polar surface area (TPSA) is 68.0 Å². The normalized spacial score (nSPS) is 10.5. The lowest BCUT2D eigenvalue weighted by atomic mass is 10.1. The van der Waals surface area contributed by atoms with Crippen LogP contribution in [0.4, 0.5) is 5.82 Å². The molecule has 110 valence electrons. The van der Waals surface area contributed by atoms with Gasteiger partial charge in [-0.1, -0.05) is 48.0 Å². The van der Waals surface area contributed by atoms with E-state index in [9.17, 15) is 4.79 Å². The van der Waals surface area contributed by atoms with Crippen LogP contribution in [-0.4, -0.2) is 16.2 Å². The number of aromatic nitrogens is 2. The number of amides is 1. The summed E-state index contributed by atoms with van der Waals surface area (Å²) in [4.78, 5) is 12.3. The molecule has 0 atom stereocenters. The Bertz CT molecular complexity index is 807. The van der Waals surface area contributed by atoms with Gasteiger partial charge in [0.05, 0.1) is 0 Å². The Hall–Kier alpha value is -2.95. The molecule has 3 aromatic rings. The van der Waals surface area contributed by atoms with Crippen LogP contribution in [0.3, 0.4) is 0 Å². The monoisotopic (exact) mass is 293 g/mol. The average molecular weight is 293 g/mol. The van der Waals surface area contributed by atoms with E-state index in [2.05, 4.69) is 15.6 Å². The summed E-state index contributed by atoms with van der Waals surface area (Å²) in [7, 11) is 0. The molecule has 0 unspecified atom stereocenters. The fraction of sp³-hybridized carbons (Fsp3) is 0.118. The van der Waals surface area contributed by atoms with Gasteiger partial charge < -0.3 is 5.32 Å². The van der Waals surface area contributed by atoms with Crippen LogP contribution < -0.4 is 5.32 Å². The number of aryl methyl sites for hydroxylation is 2. The molecule has 0 radical (unpaired) electrons. The Morgan fingerprint density at radius 1 is 1.00 bits per heavy atom. The Morgan fingerprint density at radius 2 is 1.73 bits per heavy atom. The molecular weight excluding hydrogens is 278 g/mol. The molecule has 0 aliphatic heterocycles. The lowest BCUT2D eigenvalue weighted by Gasteiger charge is -2.06. The molecule has 1 amide bonds. The quantitative estimate of drug-likeness (QED) is 0.801. The third-order valence-electron chi connectivity index (χ3n) is 3.44. The van der Waals surface area contributed by atoms with Crippen molar-refractivity contribution in [2.45, 2.75) is 13.8 Å². The van der Waals surface area contributed by atoms with Gasteiger partial charge in [0.15, 0.2) is 5.69 Å². The molecule has 0 fully saturated rings. The SMILES string of the molecule is Cc1ccc(-c2nonc2NC(=O)c2ccccc2C)cc1. The summed E-state index contributed by atoms with van der Waals surface area (Å²) in [5, 5.41) is 10.4. The summed E-state index contributed by atoms with van der Waals surface area (Å²) in [6.07, 6.45) is 0. The Kier molecular flexibility index (Phi) is 3.70. The summed E-state index contributed by atoms with van der Waals surface area (Å²) < 4.78 is 4.78. The van der Waals surface area contributed by atoms with Gasteiger partial charge in [-0.05, 0) is 35.8 Å². The van der Waals surface area contributed by atoms with Gasteiger partial charge in [-0.15, -0.1) is 0 Å². The zero-order chi connectivity index (χ0) is 15.5. The molecule has 5 nitrogen and oxygen atoms in total. The molecule has 0 saturated carbocycles. The molecule has 3 rings (SSSR count). The fourth-order valence-corrected chi connectivity index (χ4v) is 2.17. The maximum absolute atomic E-state index is 12.3. The maximum Gasteiger partial charge on any atom is 0.257 e. The highest BCUT2D eigenvalue weighted by molar-refractivity contribution is 6.06. The second kappa shape index (κ2) is 5.81. The standard InChI is InChI=1S/C17H15N3O2/c1-11-7-9-13(10-8-11)15-16(20-22-19-15)18-17(21)14-6-4-3-5-12(14)2/h3-10H,1-2H3,(H,18,20,21). The van der Waals surface area contributed by atoms with Crippen LogP contribution in [0.15, 0.2) is 53.2 Å². The highest BCUT2D eigenvalue weighted by Gasteiger charge is 2.16. The maximum atomic E-state index is 12.3. The van der Waals surface area contributed by atoms with Gasteiger partial charge in [-0.25, -0.2) is 4.63 Å². The van der Waals surface area contributed by atoms with E-state index < -0.39 is 0 Å². The average Bonchev–Trinajstić information content (AvgIpc) is 2.96. The summed E-state index contributed by atoms with van der Waals surface area (Å²) in [6.45, 7) is 3.89. The number of benzene rings is 2. The largest absolute Gasteiger partial charge is 0.302 e. The molecule has 0 aliphatic rings. The van der Waals surface area contributed by atoms with Crippen LogP contribution in [0.25, 0.3) is 11.3 Å². The number of nitrogens with one attached hydrogen (secondary N) is 1. The van der Waals surface area contributed by atoms with Crippen molar-refractivity contribution in [3.8, 4) is 11.3 Å². The summed E-state index contributed by atoms with van der Waals surface area (Å²) in [6, 6.07) is 15.1.